The van der Waals surface area contributed by atoms with Crippen molar-refractivity contribution < 1.29 is 24.6 Å². The smallest absolute Gasteiger partial charge is 0.267 e. The van der Waals surface area contributed by atoms with E-state index in [4.69, 9.17) is 14.7 Å². The van der Waals surface area contributed by atoms with Crippen LogP contribution in [0.25, 0.3) is 6.08 Å². The summed E-state index contributed by atoms with van der Waals surface area (Å²) in [7, 11) is 1.56. The fraction of sp³-hybridized carbons (Fsp3) is 0.286. The molecule has 0 aromatic heterocycles. The molecule has 0 fully saturated rings. The lowest BCUT2D eigenvalue weighted by Gasteiger charge is -2.25. The summed E-state index contributed by atoms with van der Waals surface area (Å²) >= 11 is 0. The van der Waals surface area contributed by atoms with E-state index in [0.717, 1.165) is 0 Å². The van der Waals surface area contributed by atoms with Crippen LogP contribution < -0.4 is 15.0 Å². The van der Waals surface area contributed by atoms with E-state index in [1.165, 1.54) is 12.2 Å². The fourth-order valence-electron chi connectivity index (χ4n) is 2.55. The Morgan fingerprint density at radius 1 is 1.22 bits per heavy atom. The van der Waals surface area contributed by atoms with E-state index in [0.29, 0.717) is 41.2 Å². The summed E-state index contributed by atoms with van der Waals surface area (Å²) in [6.07, 6.45) is 3.59. The summed E-state index contributed by atoms with van der Waals surface area (Å²) in [6.45, 7) is 3.65. The van der Waals surface area contributed by atoms with Crippen LogP contribution in [-0.4, -0.2) is 28.9 Å². The zero-order valence-electron chi connectivity index (χ0n) is 15.7. The third kappa shape index (κ3) is 5.57. The second kappa shape index (κ2) is 9.21. The van der Waals surface area contributed by atoms with Crippen LogP contribution in [0.3, 0.4) is 0 Å². The van der Waals surface area contributed by atoms with E-state index < -0.39 is 11.5 Å². The van der Waals surface area contributed by atoms with Crippen LogP contribution in [0.5, 0.6) is 17.2 Å². The van der Waals surface area contributed by atoms with Crippen LogP contribution >= 0.6 is 0 Å². The number of nitrogens with one attached hydrogen (secondary N) is 1. The van der Waals surface area contributed by atoms with Crippen molar-refractivity contribution in [1.29, 1.82) is 0 Å². The number of hydrogen-bond donors (Lipinski definition) is 3. The second-order valence-corrected chi connectivity index (χ2v) is 6.42. The Morgan fingerprint density at radius 3 is 2.52 bits per heavy atom. The van der Waals surface area contributed by atoms with Gasteiger partial charge in [-0.15, -0.1) is 0 Å². The molecule has 0 aliphatic rings. The van der Waals surface area contributed by atoms with Gasteiger partial charge in [-0.2, -0.15) is 0 Å². The summed E-state index contributed by atoms with van der Waals surface area (Å²) in [4.78, 5) is 11.4. The normalized spacial score (nSPS) is 13.2. The first kappa shape index (κ1) is 20.5. The number of methoxy groups -OCH3 is 1. The molecule has 0 aliphatic carbocycles. The monoisotopic (exact) mass is 371 g/mol. The molecule has 1 amide bonds. The third-order valence-corrected chi connectivity index (χ3v) is 4.27. The molecule has 27 heavy (non-hydrogen) atoms. The molecule has 144 valence electrons. The van der Waals surface area contributed by atoms with Crippen LogP contribution in [0, 0.1) is 0 Å². The number of carbonyl (C=O) groups is 1. The fourth-order valence-corrected chi connectivity index (χ4v) is 2.55. The standard InChI is InChI=1S/C21H25NO5/c1-4-21(2,24)14-17-18(26-3)12-10-15(11-13-19(23)22-25)20(17)27-16-8-6-5-7-9-16/h5-13,24-25H,4,14H2,1-3H3,(H,22,23). The molecule has 0 bridgehead atoms. The van der Waals surface area contributed by atoms with Gasteiger partial charge in [0.1, 0.15) is 17.2 Å². The molecule has 0 aliphatic heterocycles. The topological polar surface area (TPSA) is 88.0 Å². The Labute approximate surface area is 159 Å². The van der Waals surface area contributed by atoms with Gasteiger partial charge in [-0.05, 0) is 43.7 Å². The van der Waals surface area contributed by atoms with Crippen LogP contribution in [0.15, 0.2) is 48.5 Å². The highest BCUT2D eigenvalue weighted by atomic mass is 16.5. The maximum absolute atomic E-state index is 11.4. The predicted octanol–water partition coefficient (Wildman–Crippen LogP) is 3.71. The van der Waals surface area contributed by atoms with Gasteiger partial charge in [0.2, 0.25) is 0 Å². The number of carbonyl (C=O) groups excluding carboxylic acids is 1. The van der Waals surface area contributed by atoms with Gasteiger partial charge >= 0.3 is 0 Å². The number of hydrogen-bond acceptors (Lipinski definition) is 5. The zero-order chi connectivity index (χ0) is 19.9. The molecule has 2 aromatic carbocycles. The maximum Gasteiger partial charge on any atom is 0.267 e. The first-order valence-corrected chi connectivity index (χ1v) is 8.67. The quantitative estimate of drug-likeness (QED) is 0.374. The summed E-state index contributed by atoms with van der Waals surface area (Å²) < 4.78 is 11.6. The van der Waals surface area contributed by atoms with Crippen molar-refractivity contribution >= 4 is 12.0 Å². The molecule has 1 atom stereocenters. The highest BCUT2D eigenvalue weighted by Gasteiger charge is 2.25. The largest absolute Gasteiger partial charge is 0.496 e. The lowest BCUT2D eigenvalue weighted by molar-refractivity contribution is -0.124. The van der Waals surface area contributed by atoms with E-state index in [1.807, 2.05) is 37.3 Å². The Morgan fingerprint density at radius 2 is 1.93 bits per heavy atom. The molecule has 1 unspecified atom stereocenters. The van der Waals surface area contributed by atoms with Crippen LogP contribution in [0.1, 0.15) is 31.4 Å². The molecule has 2 aromatic rings. The number of ether oxygens (including phenoxy) is 2. The molecule has 0 saturated carbocycles. The van der Waals surface area contributed by atoms with Crippen LogP contribution in [0.4, 0.5) is 0 Å². The van der Waals surface area contributed by atoms with Gasteiger partial charge in [-0.1, -0.05) is 25.1 Å². The number of benzene rings is 2. The summed E-state index contributed by atoms with van der Waals surface area (Å²) in [5.41, 5.74) is 1.92. The summed E-state index contributed by atoms with van der Waals surface area (Å²) in [5.74, 6) is 1.03. The van der Waals surface area contributed by atoms with E-state index in [9.17, 15) is 9.90 Å². The molecular weight excluding hydrogens is 346 g/mol. The number of aliphatic hydroxyl groups is 1. The molecule has 3 N–H and O–H groups in total. The summed E-state index contributed by atoms with van der Waals surface area (Å²) in [6, 6.07) is 12.7. The molecule has 0 spiro atoms. The zero-order valence-corrected chi connectivity index (χ0v) is 15.7. The average Bonchev–Trinajstić information content (AvgIpc) is 2.68. The van der Waals surface area contributed by atoms with Gasteiger partial charge in [0.25, 0.3) is 5.91 Å². The molecule has 6 nitrogen and oxygen atoms in total. The van der Waals surface area contributed by atoms with Crippen molar-refractivity contribution in [2.75, 3.05) is 7.11 Å². The van der Waals surface area contributed by atoms with Crippen molar-refractivity contribution in [2.45, 2.75) is 32.3 Å². The molecule has 0 heterocycles. The lowest BCUT2D eigenvalue weighted by Crippen LogP contribution is -2.26. The van der Waals surface area contributed by atoms with Gasteiger partial charge < -0.3 is 14.6 Å². The summed E-state index contributed by atoms with van der Waals surface area (Å²) in [5, 5.41) is 19.3. The van der Waals surface area contributed by atoms with Crippen LogP contribution in [0.2, 0.25) is 0 Å². The maximum atomic E-state index is 11.4. The van der Waals surface area contributed by atoms with Crippen molar-refractivity contribution in [3.05, 3.63) is 59.7 Å². The van der Waals surface area contributed by atoms with E-state index in [1.54, 1.807) is 31.6 Å². The molecule has 0 radical (unpaired) electrons. The van der Waals surface area contributed by atoms with Gasteiger partial charge in [0.05, 0.1) is 12.7 Å². The van der Waals surface area contributed by atoms with Crippen molar-refractivity contribution in [2.24, 2.45) is 0 Å². The number of hydroxylamine groups is 1. The first-order valence-electron chi connectivity index (χ1n) is 8.67. The van der Waals surface area contributed by atoms with E-state index >= 15 is 0 Å². The first-order chi connectivity index (χ1) is 12.9. The Kier molecular flexibility index (Phi) is 6.98. The Hall–Kier alpha value is -2.83. The van der Waals surface area contributed by atoms with Gasteiger partial charge in [0, 0.05) is 23.6 Å². The number of amides is 1. The molecular formula is C21H25NO5. The lowest BCUT2D eigenvalue weighted by atomic mass is 9.91. The highest BCUT2D eigenvalue weighted by molar-refractivity contribution is 5.91. The highest BCUT2D eigenvalue weighted by Crippen LogP contribution is 2.39. The van der Waals surface area contributed by atoms with Gasteiger partial charge in [-0.3, -0.25) is 10.0 Å². The molecule has 2 rings (SSSR count). The minimum absolute atomic E-state index is 0.308. The second-order valence-electron chi connectivity index (χ2n) is 6.42. The number of para-hydroxylation sites is 1. The van der Waals surface area contributed by atoms with Gasteiger partial charge in [0.15, 0.2) is 0 Å². The van der Waals surface area contributed by atoms with Crippen molar-refractivity contribution in [3.8, 4) is 17.2 Å². The average molecular weight is 371 g/mol. The van der Waals surface area contributed by atoms with Crippen molar-refractivity contribution in [1.82, 2.24) is 5.48 Å². The number of rotatable bonds is 8. The van der Waals surface area contributed by atoms with Crippen LogP contribution in [-0.2, 0) is 11.2 Å². The molecule has 6 heteroatoms. The van der Waals surface area contributed by atoms with Crippen molar-refractivity contribution in [3.63, 3.8) is 0 Å². The molecule has 0 saturated heterocycles. The van der Waals surface area contributed by atoms with E-state index in [-0.39, 0.29) is 0 Å². The third-order valence-electron chi connectivity index (χ3n) is 4.27. The Balaban J connectivity index is 2.59. The van der Waals surface area contributed by atoms with E-state index in [2.05, 4.69) is 0 Å². The SMILES string of the molecule is CCC(C)(O)Cc1c(OC)ccc(C=CC(=O)NO)c1Oc1ccccc1. The minimum Gasteiger partial charge on any atom is -0.496 e. The predicted molar refractivity (Wildman–Crippen MR) is 103 cm³/mol. The van der Waals surface area contributed by atoms with Gasteiger partial charge in [-0.25, -0.2) is 5.48 Å². The minimum atomic E-state index is -0.951. The Bertz CT molecular complexity index is 800.